The summed E-state index contributed by atoms with van der Waals surface area (Å²) in [5.41, 5.74) is 0. The second-order valence-corrected chi connectivity index (χ2v) is 3.70. The molecule has 0 aromatic heterocycles. The Morgan fingerprint density at radius 1 is 1.47 bits per heavy atom. The third-order valence-corrected chi connectivity index (χ3v) is 2.49. The van der Waals surface area contributed by atoms with Crippen LogP contribution in [0.4, 0.5) is 0 Å². The molecule has 2 amide bonds. The molecule has 15 heavy (non-hydrogen) atoms. The molecule has 0 saturated carbocycles. The van der Waals surface area contributed by atoms with Gasteiger partial charge in [-0.05, 0) is 13.3 Å². The normalized spacial score (nSPS) is 22.7. The minimum Gasteiger partial charge on any atom is -0.461 e. The first-order chi connectivity index (χ1) is 6.93. The Balaban J connectivity index is 2.72. The molecular formula is C10H15NO4. The summed E-state index contributed by atoms with van der Waals surface area (Å²) in [6.07, 6.45) is 0.473. The van der Waals surface area contributed by atoms with Gasteiger partial charge in [-0.15, -0.1) is 0 Å². The van der Waals surface area contributed by atoms with Gasteiger partial charge in [0.05, 0.1) is 6.04 Å². The van der Waals surface area contributed by atoms with Gasteiger partial charge < -0.3 is 4.74 Å². The zero-order valence-electron chi connectivity index (χ0n) is 9.15. The number of carbonyl (C=O) groups is 3. The van der Waals surface area contributed by atoms with E-state index >= 15 is 0 Å². The Morgan fingerprint density at radius 2 is 2.07 bits per heavy atom. The summed E-state index contributed by atoms with van der Waals surface area (Å²) in [6.45, 7) is 4.35. The monoisotopic (exact) mass is 213 g/mol. The lowest BCUT2D eigenvalue weighted by molar-refractivity contribution is -0.154. The van der Waals surface area contributed by atoms with Gasteiger partial charge in [-0.2, -0.15) is 0 Å². The number of imide groups is 1. The van der Waals surface area contributed by atoms with E-state index in [0.29, 0.717) is 12.8 Å². The largest absolute Gasteiger partial charge is 0.461 e. The molecule has 5 nitrogen and oxygen atoms in total. The highest BCUT2D eigenvalue weighted by Gasteiger charge is 2.38. The van der Waals surface area contributed by atoms with Crippen molar-refractivity contribution in [2.45, 2.75) is 45.8 Å². The first kappa shape index (κ1) is 11.7. The zero-order chi connectivity index (χ0) is 11.6. The molecule has 0 spiro atoms. The Morgan fingerprint density at radius 3 is 2.53 bits per heavy atom. The highest BCUT2D eigenvalue weighted by Crippen LogP contribution is 2.23. The highest BCUT2D eigenvalue weighted by molar-refractivity contribution is 5.96. The molecule has 1 aliphatic rings. The Kier molecular flexibility index (Phi) is 3.44. The minimum atomic E-state index is -0.433. The molecule has 0 N–H and O–H groups in total. The van der Waals surface area contributed by atoms with Crippen LogP contribution in [0, 0.1) is 0 Å². The van der Waals surface area contributed by atoms with Crippen molar-refractivity contribution in [2.24, 2.45) is 0 Å². The number of hydrogen-bond donors (Lipinski definition) is 0. The summed E-state index contributed by atoms with van der Waals surface area (Å²) in [5.74, 6) is -0.877. The van der Waals surface area contributed by atoms with E-state index in [1.54, 1.807) is 6.92 Å². The number of amides is 2. The second-order valence-electron chi connectivity index (χ2n) is 3.70. The Labute approximate surface area is 88.4 Å². The molecule has 1 heterocycles. The number of rotatable bonds is 2. The van der Waals surface area contributed by atoms with Crippen molar-refractivity contribution in [3.63, 3.8) is 0 Å². The van der Waals surface area contributed by atoms with Crippen molar-refractivity contribution in [3.05, 3.63) is 0 Å². The first-order valence-corrected chi connectivity index (χ1v) is 4.93. The van der Waals surface area contributed by atoms with Crippen LogP contribution in [0.15, 0.2) is 0 Å². The maximum Gasteiger partial charge on any atom is 0.302 e. The maximum atomic E-state index is 11.4. The van der Waals surface area contributed by atoms with Crippen molar-refractivity contribution in [1.29, 1.82) is 0 Å². The minimum absolute atomic E-state index is 0.188. The Hall–Kier alpha value is -1.39. The number of esters is 1. The van der Waals surface area contributed by atoms with Crippen LogP contribution in [0.1, 0.15) is 33.6 Å². The smallest absolute Gasteiger partial charge is 0.302 e. The lowest BCUT2D eigenvalue weighted by Crippen LogP contribution is -2.44. The molecule has 2 unspecified atom stereocenters. The molecule has 1 saturated heterocycles. The molecule has 0 aromatic carbocycles. The van der Waals surface area contributed by atoms with Gasteiger partial charge in [0, 0.05) is 20.3 Å². The van der Waals surface area contributed by atoms with Gasteiger partial charge in [0.25, 0.3) is 0 Å². The Bertz CT molecular complexity index is 300. The summed E-state index contributed by atoms with van der Waals surface area (Å²) in [4.78, 5) is 34.5. The van der Waals surface area contributed by atoms with Crippen LogP contribution in [0.5, 0.6) is 0 Å². The molecule has 1 aliphatic heterocycles. The van der Waals surface area contributed by atoms with Crippen molar-refractivity contribution in [2.75, 3.05) is 0 Å². The van der Waals surface area contributed by atoms with E-state index in [1.807, 2.05) is 0 Å². The van der Waals surface area contributed by atoms with Crippen molar-refractivity contribution < 1.29 is 19.1 Å². The van der Waals surface area contributed by atoms with Crippen LogP contribution >= 0.6 is 0 Å². The topological polar surface area (TPSA) is 63.7 Å². The van der Waals surface area contributed by atoms with E-state index in [-0.39, 0.29) is 17.9 Å². The predicted octanol–water partition coefficient (Wildman–Crippen LogP) is 0.476. The zero-order valence-corrected chi connectivity index (χ0v) is 9.15. The third kappa shape index (κ3) is 2.55. The molecule has 1 rings (SSSR count). The van der Waals surface area contributed by atoms with Crippen LogP contribution in [0.25, 0.3) is 0 Å². The fourth-order valence-electron chi connectivity index (χ4n) is 1.90. The molecule has 0 aromatic rings. The third-order valence-electron chi connectivity index (χ3n) is 2.49. The van der Waals surface area contributed by atoms with Crippen LogP contribution in [0.2, 0.25) is 0 Å². The SMILES string of the molecule is CC(=O)OC(C)C1CCC(=O)N1C(C)=O. The van der Waals surface area contributed by atoms with Gasteiger partial charge in [-0.3, -0.25) is 19.3 Å². The quantitative estimate of drug-likeness (QED) is 0.626. The number of ether oxygens (including phenoxy) is 1. The van der Waals surface area contributed by atoms with E-state index in [9.17, 15) is 14.4 Å². The number of hydrogen-bond acceptors (Lipinski definition) is 4. The molecule has 0 aliphatic carbocycles. The highest BCUT2D eigenvalue weighted by atomic mass is 16.5. The van der Waals surface area contributed by atoms with Crippen LogP contribution < -0.4 is 0 Å². The van der Waals surface area contributed by atoms with Gasteiger partial charge in [0.1, 0.15) is 6.10 Å². The van der Waals surface area contributed by atoms with Gasteiger partial charge in [-0.1, -0.05) is 0 Å². The molecule has 2 atom stereocenters. The van der Waals surface area contributed by atoms with Crippen LogP contribution in [0.3, 0.4) is 0 Å². The predicted molar refractivity (Wildman–Crippen MR) is 51.8 cm³/mol. The second kappa shape index (κ2) is 4.42. The summed E-state index contributed by atoms with van der Waals surface area (Å²) in [7, 11) is 0. The first-order valence-electron chi connectivity index (χ1n) is 4.93. The van der Waals surface area contributed by atoms with E-state index in [1.165, 1.54) is 18.7 Å². The van der Waals surface area contributed by atoms with Crippen molar-refractivity contribution in [3.8, 4) is 0 Å². The van der Waals surface area contributed by atoms with Crippen LogP contribution in [-0.2, 0) is 19.1 Å². The van der Waals surface area contributed by atoms with Crippen molar-refractivity contribution >= 4 is 17.8 Å². The number of nitrogens with zero attached hydrogens (tertiary/aromatic N) is 1. The van der Waals surface area contributed by atoms with Crippen LogP contribution in [-0.4, -0.2) is 34.8 Å². The molecule has 0 radical (unpaired) electrons. The molecular weight excluding hydrogens is 198 g/mol. The van der Waals surface area contributed by atoms with Gasteiger partial charge in [-0.25, -0.2) is 0 Å². The van der Waals surface area contributed by atoms with Gasteiger partial charge in [0.2, 0.25) is 11.8 Å². The summed E-state index contributed by atoms with van der Waals surface area (Å²) in [5, 5.41) is 0. The van der Waals surface area contributed by atoms with E-state index < -0.39 is 12.1 Å². The molecule has 0 bridgehead atoms. The van der Waals surface area contributed by atoms with Gasteiger partial charge >= 0.3 is 5.97 Å². The van der Waals surface area contributed by atoms with E-state index in [2.05, 4.69) is 0 Å². The lowest BCUT2D eigenvalue weighted by Gasteiger charge is -2.26. The summed E-state index contributed by atoms with van der Waals surface area (Å²) >= 11 is 0. The van der Waals surface area contributed by atoms with Crippen molar-refractivity contribution in [1.82, 2.24) is 4.90 Å². The molecule has 84 valence electrons. The lowest BCUT2D eigenvalue weighted by atomic mass is 10.1. The molecule has 1 fully saturated rings. The number of likely N-dealkylation sites (tertiary alicyclic amines) is 1. The maximum absolute atomic E-state index is 11.4. The van der Waals surface area contributed by atoms with Gasteiger partial charge in [0.15, 0.2) is 0 Å². The molecule has 5 heteroatoms. The average molecular weight is 213 g/mol. The summed E-state index contributed by atoms with van der Waals surface area (Å²) in [6, 6.07) is -0.307. The summed E-state index contributed by atoms with van der Waals surface area (Å²) < 4.78 is 4.98. The van der Waals surface area contributed by atoms with E-state index in [0.717, 1.165) is 0 Å². The average Bonchev–Trinajstić information content (AvgIpc) is 2.45. The fourth-order valence-corrected chi connectivity index (χ4v) is 1.90. The fraction of sp³-hybridized carbons (Fsp3) is 0.700. The number of carbonyl (C=O) groups excluding carboxylic acids is 3. The van der Waals surface area contributed by atoms with E-state index in [4.69, 9.17) is 4.74 Å². The standard InChI is InChI=1S/C10H15NO4/c1-6(15-8(3)13)9-4-5-10(14)11(9)7(2)12/h6,9H,4-5H2,1-3H3.